The number of hydrogen-bond donors (Lipinski definition) is 2. The molecule has 0 aromatic heterocycles. The summed E-state index contributed by atoms with van der Waals surface area (Å²) in [6.07, 6.45) is 0.617. The highest BCUT2D eigenvalue weighted by atomic mass is 16.6. The van der Waals surface area contributed by atoms with E-state index in [1.54, 1.807) is 30.3 Å². The highest BCUT2D eigenvalue weighted by Crippen LogP contribution is 2.19. The predicted octanol–water partition coefficient (Wildman–Crippen LogP) is 0.956. The molecular formula is C17H22N2O5. The van der Waals surface area contributed by atoms with Crippen molar-refractivity contribution < 1.29 is 24.2 Å². The summed E-state index contributed by atoms with van der Waals surface area (Å²) < 4.78 is 4.66. The zero-order valence-electron chi connectivity index (χ0n) is 13.6. The van der Waals surface area contributed by atoms with E-state index in [2.05, 4.69) is 10.1 Å². The van der Waals surface area contributed by atoms with Crippen molar-refractivity contribution in [3.63, 3.8) is 0 Å². The van der Waals surface area contributed by atoms with Crippen molar-refractivity contribution in [2.24, 2.45) is 0 Å². The van der Waals surface area contributed by atoms with E-state index in [1.165, 1.54) is 6.92 Å². The first kappa shape index (κ1) is 17.9. The zero-order chi connectivity index (χ0) is 17.5. The Labute approximate surface area is 140 Å². The summed E-state index contributed by atoms with van der Waals surface area (Å²) in [5, 5.41) is 12.1. The average Bonchev–Trinajstić information content (AvgIpc) is 2.95. The second-order valence-corrected chi connectivity index (χ2v) is 5.72. The van der Waals surface area contributed by atoms with Gasteiger partial charge in [0, 0.05) is 44.6 Å². The number of carbonyl (C=O) groups excluding carboxylic acids is 2. The molecule has 2 N–H and O–H groups in total. The smallest absolute Gasteiger partial charge is 0.349 e. The van der Waals surface area contributed by atoms with Crippen molar-refractivity contribution >= 4 is 17.8 Å². The molecule has 1 amide bonds. The van der Waals surface area contributed by atoms with Gasteiger partial charge in [-0.1, -0.05) is 30.3 Å². The van der Waals surface area contributed by atoms with Crippen molar-refractivity contribution in [3.05, 3.63) is 35.9 Å². The summed E-state index contributed by atoms with van der Waals surface area (Å²) in [6, 6.07) is 8.85. The molecule has 1 unspecified atom stereocenters. The molecule has 1 aromatic rings. The number of nitrogens with one attached hydrogen (secondary N) is 1. The number of ether oxygens (including phenoxy) is 1. The number of carboxylic acids is 1. The van der Waals surface area contributed by atoms with Crippen LogP contribution in [0, 0.1) is 0 Å². The van der Waals surface area contributed by atoms with Crippen molar-refractivity contribution in [1.29, 1.82) is 0 Å². The Morgan fingerprint density at radius 2 is 2.04 bits per heavy atom. The molecular weight excluding hydrogens is 312 g/mol. The van der Waals surface area contributed by atoms with Gasteiger partial charge in [-0.05, 0) is 6.42 Å². The molecule has 2 fully saturated rings. The van der Waals surface area contributed by atoms with E-state index in [1.807, 2.05) is 4.90 Å². The molecule has 24 heavy (non-hydrogen) atoms. The number of rotatable bonds is 3. The number of esters is 1. The van der Waals surface area contributed by atoms with E-state index < -0.39 is 18.0 Å². The Balaban J connectivity index is 0.000000182. The molecule has 2 atom stereocenters. The van der Waals surface area contributed by atoms with Crippen LogP contribution in [0.15, 0.2) is 30.3 Å². The Hall–Kier alpha value is -2.41. The minimum Gasteiger partial charge on any atom is -0.478 e. The topological polar surface area (TPSA) is 95.9 Å². The van der Waals surface area contributed by atoms with E-state index in [4.69, 9.17) is 5.11 Å². The van der Waals surface area contributed by atoms with Gasteiger partial charge in [0.1, 0.15) is 0 Å². The van der Waals surface area contributed by atoms with Crippen LogP contribution < -0.4 is 5.32 Å². The minimum atomic E-state index is -1.21. The Morgan fingerprint density at radius 1 is 1.33 bits per heavy atom. The molecule has 2 saturated heterocycles. The predicted molar refractivity (Wildman–Crippen MR) is 86.2 cm³/mol. The number of hydrogen-bond acceptors (Lipinski definition) is 5. The summed E-state index contributed by atoms with van der Waals surface area (Å²) in [5.41, 5.74) is 0.454. The van der Waals surface area contributed by atoms with Crippen LogP contribution >= 0.6 is 0 Å². The van der Waals surface area contributed by atoms with Gasteiger partial charge in [-0.2, -0.15) is 0 Å². The molecule has 130 valence electrons. The summed E-state index contributed by atoms with van der Waals surface area (Å²) >= 11 is 0. The second kappa shape index (κ2) is 8.44. The van der Waals surface area contributed by atoms with Gasteiger partial charge in [0.15, 0.2) is 0 Å². The second-order valence-electron chi connectivity index (χ2n) is 5.72. The largest absolute Gasteiger partial charge is 0.478 e. The lowest BCUT2D eigenvalue weighted by molar-refractivity contribution is -0.163. The molecule has 3 rings (SSSR count). The van der Waals surface area contributed by atoms with Gasteiger partial charge in [0.25, 0.3) is 0 Å². The number of amides is 1. The molecule has 7 nitrogen and oxygen atoms in total. The van der Waals surface area contributed by atoms with Gasteiger partial charge >= 0.3 is 11.9 Å². The molecule has 0 radical (unpaired) electrons. The van der Waals surface area contributed by atoms with E-state index in [9.17, 15) is 14.4 Å². The summed E-state index contributed by atoms with van der Waals surface area (Å²) in [5.74, 6) is -1.43. The van der Waals surface area contributed by atoms with Crippen molar-refractivity contribution in [2.75, 3.05) is 19.6 Å². The Morgan fingerprint density at radius 3 is 2.62 bits per heavy atom. The average molecular weight is 334 g/mol. The SMILES string of the molecule is CC(=O)OC(C(=O)O)c1ccccc1.O=C1CC[C@H]2CNCCN12. The van der Waals surface area contributed by atoms with E-state index in [0.717, 1.165) is 32.5 Å². The third-order valence-electron chi connectivity index (χ3n) is 3.97. The zero-order valence-corrected chi connectivity index (χ0v) is 13.6. The van der Waals surface area contributed by atoms with Gasteiger partial charge in [-0.15, -0.1) is 0 Å². The van der Waals surface area contributed by atoms with Gasteiger partial charge in [0.2, 0.25) is 12.0 Å². The molecule has 0 bridgehead atoms. The van der Waals surface area contributed by atoms with Crippen LogP contribution in [0.2, 0.25) is 0 Å². The molecule has 0 spiro atoms. The molecule has 2 aliphatic rings. The molecule has 1 aromatic carbocycles. The van der Waals surface area contributed by atoms with E-state index >= 15 is 0 Å². The molecule has 0 saturated carbocycles. The third-order valence-corrected chi connectivity index (χ3v) is 3.97. The normalized spacial score (nSPS) is 20.5. The van der Waals surface area contributed by atoms with Crippen molar-refractivity contribution in [2.45, 2.75) is 31.9 Å². The van der Waals surface area contributed by atoms with Gasteiger partial charge in [0.05, 0.1) is 0 Å². The Bertz CT molecular complexity index is 590. The first-order valence-electron chi connectivity index (χ1n) is 7.94. The lowest BCUT2D eigenvalue weighted by Crippen LogP contribution is -2.49. The first-order valence-corrected chi connectivity index (χ1v) is 7.94. The summed E-state index contributed by atoms with van der Waals surface area (Å²) in [7, 11) is 0. The highest BCUT2D eigenvalue weighted by molar-refractivity contribution is 5.79. The number of carbonyl (C=O) groups is 3. The minimum absolute atomic E-state index is 0.353. The summed E-state index contributed by atoms with van der Waals surface area (Å²) in [4.78, 5) is 34.5. The highest BCUT2D eigenvalue weighted by Gasteiger charge is 2.32. The van der Waals surface area contributed by atoms with Gasteiger partial charge < -0.3 is 20.1 Å². The quantitative estimate of drug-likeness (QED) is 0.799. The van der Waals surface area contributed by atoms with Crippen LogP contribution in [0.25, 0.3) is 0 Å². The maximum absolute atomic E-state index is 11.1. The standard InChI is InChI=1S/C10H10O4.C7H12N2O/c1-7(11)14-9(10(12)13)8-5-3-2-4-6-8;10-7-2-1-6-5-8-3-4-9(6)7/h2-6,9H,1H3,(H,12,13);6,8H,1-5H2/t;6-/m.0/s1. The van der Waals surface area contributed by atoms with Gasteiger partial charge in [-0.25, -0.2) is 4.79 Å². The van der Waals surface area contributed by atoms with Crippen molar-refractivity contribution in [1.82, 2.24) is 10.2 Å². The fraction of sp³-hybridized carbons (Fsp3) is 0.471. The molecule has 2 aliphatic heterocycles. The fourth-order valence-corrected chi connectivity index (χ4v) is 2.84. The number of benzene rings is 1. The fourth-order valence-electron chi connectivity index (χ4n) is 2.84. The number of carboxylic acid groups (broad SMARTS) is 1. The van der Waals surface area contributed by atoms with Crippen LogP contribution in [0.5, 0.6) is 0 Å². The van der Waals surface area contributed by atoms with Crippen LogP contribution in [-0.4, -0.2) is 53.5 Å². The van der Waals surface area contributed by atoms with Crippen LogP contribution in [0.1, 0.15) is 31.4 Å². The number of nitrogens with zero attached hydrogens (tertiary/aromatic N) is 1. The first-order chi connectivity index (χ1) is 11.5. The number of piperazine rings is 1. The molecule has 2 heterocycles. The third kappa shape index (κ3) is 4.79. The van der Waals surface area contributed by atoms with Crippen LogP contribution in [0.3, 0.4) is 0 Å². The van der Waals surface area contributed by atoms with E-state index in [0.29, 0.717) is 17.5 Å². The molecule has 0 aliphatic carbocycles. The monoisotopic (exact) mass is 334 g/mol. The lowest BCUT2D eigenvalue weighted by Gasteiger charge is -2.29. The van der Waals surface area contributed by atoms with Crippen LogP contribution in [-0.2, 0) is 19.1 Å². The number of fused-ring (bicyclic) bond motifs is 1. The Kier molecular flexibility index (Phi) is 6.31. The van der Waals surface area contributed by atoms with E-state index in [-0.39, 0.29) is 0 Å². The maximum atomic E-state index is 11.1. The molecule has 7 heteroatoms. The maximum Gasteiger partial charge on any atom is 0.349 e. The summed E-state index contributed by atoms with van der Waals surface area (Å²) in [6.45, 7) is 4.08. The van der Waals surface area contributed by atoms with Crippen LogP contribution in [0.4, 0.5) is 0 Å². The van der Waals surface area contributed by atoms with Gasteiger partial charge in [-0.3, -0.25) is 9.59 Å². The number of aliphatic carboxylic acids is 1. The van der Waals surface area contributed by atoms with Crippen molar-refractivity contribution in [3.8, 4) is 0 Å². The lowest BCUT2D eigenvalue weighted by atomic mass is 10.1.